The lowest BCUT2D eigenvalue weighted by atomic mass is 9.98. The molecule has 2 rings (SSSR count). The Morgan fingerprint density at radius 2 is 1.72 bits per heavy atom. The monoisotopic (exact) mass is 355 g/mol. The first kappa shape index (κ1) is 18.8. The van der Waals surface area contributed by atoms with Gasteiger partial charge in [-0.25, -0.2) is 8.78 Å². The van der Waals surface area contributed by atoms with Crippen molar-refractivity contribution < 1.29 is 27.1 Å². The van der Waals surface area contributed by atoms with Gasteiger partial charge in [0.05, 0.1) is 0 Å². The Bertz CT molecular complexity index is 780. The van der Waals surface area contributed by atoms with E-state index in [0.29, 0.717) is 5.69 Å². The van der Waals surface area contributed by atoms with E-state index in [0.717, 1.165) is 11.1 Å². The minimum absolute atomic E-state index is 0.0693. The molecule has 3 nitrogen and oxygen atoms in total. The average molecular weight is 355 g/mol. The van der Waals surface area contributed by atoms with E-state index in [4.69, 9.17) is 0 Å². The van der Waals surface area contributed by atoms with Gasteiger partial charge in [-0.2, -0.15) is 8.78 Å². The molecule has 0 spiro atoms. The van der Waals surface area contributed by atoms with Crippen molar-refractivity contribution in [3.63, 3.8) is 0 Å². The number of anilines is 1. The smallest absolute Gasteiger partial charge is 0.262 e. The highest BCUT2D eigenvalue weighted by Gasteiger charge is 2.21. The van der Waals surface area contributed by atoms with Gasteiger partial charge in [0.25, 0.3) is 5.91 Å². The van der Waals surface area contributed by atoms with Crippen LogP contribution in [0, 0.1) is 30.2 Å². The number of hydrogen-bond donors (Lipinski definition) is 1. The lowest BCUT2D eigenvalue weighted by molar-refractivity contribution is -0.118. The first-order valence-electron chi connectivity index (χ1n) is 7.57. The van der Waals surface area contributed by atoms with Gasteiger partial charge in [0.1, 0.15) is 0 Å². The van der Waals surface area contributed by atoms with Gasteiger partial charge in [-0.05, 0) is 24.0 Å². The van der Waals surface area contributed by atoms with Crippen LogP contribution in [0.4, 0.5) is 23.2 Å². The van der Waals surface area contributed by atoms with Crippen LogP contribution in [0.5, 0.6) is 5.75 Å². The van der Waals surface area contributed by atoms with Gasteiger partial charge in [0.15, 0.2) is 24.0 Å². The highest BCUT2D eigenvalue weighted by molar-refractivity contribution is 5.93. The third-order valence-electron chi connectivity index (χ3n) is 3.61. The summed E-state index contributed by atoms with van der Waals surface area (Å²) >= 11 is 0. The molecule has 1 amide bonds. The number of halogens is 4. The molecule has 134 valence electrons. The van der Waals surface area contributed by atoms with Gasteiger partial charge in [0.2, 0.25) is 11.6 Å². The molecule has 0 aliphatic heterocycles. The molecule has 0 unspecified atom stereocenters. The first-order chi connectivity index (χ1) is 11.7. The maximum atomic E-state index is 13.5. The second-order valence-corrected chi connectivity index (χ2v) is 5.83. The SMILES string of the molecule is Cc1cccc(C(C)C)c1NC(=O)COc1c(F)c(F)cc(F)c1F. The lowest BCUT2D eigenvalue weighted by Gasteiger charge is -2.16. The quantitative estimate of drug-likeness (QED) is 0.624. The molecule has 0 saturated heterocycles. The van der Waals surface area contributed by atoms with Crippen LogP contribution in [0.2, 0.25) is 0 Å². The second kappa shape index (κ2) is 7.55. The van der Waals surface area contributed by atoms with Crippen LogP contribution in [0.25, 0.3) is 0 Å². The lowest BCUT2D eigenvalue weighted by Crippen LogP contribution is -2.22. The topological polar surface area (TPSA) is 38.3 Å². The molecular formula is C18H17F4NO2. The summed E-state index contributed by atoms with van der Waals surface area (Å²) in [6.07, 6.45) is 0. The zero-order valence-corrected chi connectivity index (χ0v) is 13.9. The Labute approximate surface area is 142 Å². The largest absolute Gasteiger partial charge is 0.477 e. The maximum absolute atomic E-state index is 13.5. The van der Waals surface area contributed by atoms with Crippen molar-refractivity contribution in [2.75, 3.05) is 11.9 Å². The van der Waals surface area contributed by atoms with Crippen LogP contribution < -0.4 is 10.1 Å². The molecular weight excluding hydrogens is 338 g/mol. The van der Waals surface area contributed by atoms with Crippen molar-refractivity contribution in [2.24, 2.45) is 0 Å². The zero-order chi connectivity index (χ0) is 18.7. The van der Waals surface area contributed by atoms with E-state index in [-0.39, 0.29) is 12.0 Å². The highest BCUT2D eigenvalue weighted by atomic mass is 19.2. The number of rotatable bonds is 5. The minimum Gasteiger partial charge on any atom is -0.477 e. The summed E-state index contributed by atoms with van der Waals surface area (Å²) in [5.74, 6) is -8.42. The standard InChI is InChI=1S/C18H17F4NO2/c1-9(2)11-6-4-5-10(3)17(11)23-14(24)8-25-18-15(21)12(19)7-13(20)16(18)22/h4-7,9H,8H2,1-3H3,(H,23,24). The van der Waals surface area contributed by atoms with Crippen LogP contribution >= 0.6 is 0 Å². The summed E-state index contributed by atoms with van der Waals surface area (Å²) in [4.78, 5) is 12.0. The van der Waals surface area contributed by atoms with Crippen LogP contribution in [-0.2, 0) is 4.79 Å². The van der Waals surface area contributed by atoms with Gasteiger partial charge in [-0.15, -0.1) is 0 Å². The van der Waals surface area contributed by atoms with E-state index in [1.807, 2.05) is 26.0 Å². The third-order valence-corrected chi connectivity index (χ3v) is 3.61. The van der Waals surface area contributed by atoms with Gasteiger partial charge >= 0.3 is 0 Å². The second-order valence-electron chi connectivity index (χ2n) is 5.83. The van der Waals surface area contributed by atoms with Crippen LogP contribution in [0.3, 0.4) is 0 Å². The van der Waals surface area contributed by atoms with E-state index in [1.54, 1.807) is 13.0 Å². The number of aryl methyl sites for hydroxylation is 1. The summed E-state index contributed by atoms with van der Waals surface area (Å²) < 4.78 is 57.9. The molecule has 0 fully saturated rings. The predicted octanol–water partition coefficient (Wildman–Crippen LogP) is 4.69. The molecule has 0 radical (unpaired) electrons. The normalized spacial score (nSPS) is 10.9. The van der Waals surface area contributed by atoms with Crippen LogP contribution in [-0.4, -0.2) is 12.5 Å². The number of carbonyl (C=O) groups excluding carboxylic acids is 1. The molecule has 7 heteroatoms. The number of hydrogen-bond acceptors (Lipinski definition) is 2. The molecule has 0 heterocycles. The minimum atomic E-state index is -1.69. The number of benzene rings is 2. The summed E-state index contributed by atoms with van der Waals surface area (Å²) in [5.41, 5.74) is 2.24. The Hall–Kier alpha value is -2.57. The fourth-order valence-electron chi connectivity index (χ4n) is 2.33. The Balaban J connectivity index is 2.16. The van der Waals surface area contributed by atoms with Crippen molar-refractivity contribution in [3.05, 3.63) is 58.7 Å². The van der Waals surface area contributed by atoms with Crippen molar-refractivity contribution in [1.82, 2.24) is 0 Å². The first-order valence-corrected chi connectivity index (χ1v) is 7.57. The third kappa shape index (κ3) is 4.10. The van der Waals surface area contributed by atoms with E-state index in [2.05, 4.69) is 10.1 Å². The molecule has 2 aromatic carbocycles. The molecule has 0 aromatic heterocycles. The summed E-state index contributed by atoms with van der Waals surface area (Å²) in [6, 6.07) is 5.55. The van der Waals surface area contributed by atoms with E-state index in [1.165, 1.54) is 0 Å². The van der Waals surface area contributed by atoms with Crippen LogP contribution in [0.1, 0.15) is 30.9 Å². The molecule has 0 saturated carbocycles. The number of nitrogens with one attached hydrogen (secondary N) is 1. The number of ether oxygens (including phenoxy) is 1. The molecule has 0 atom stereocenters. The number of amides is 1. The van der Waals surface area contributed by atoms with E-state index in [9.17, 15) is 22.4 Å². The van der Waals surface area contributed by atoms with Crippen molar-refractivity contribution in [3.8, 4) is 5.75 Å². The Morgan fingerprint density at radius 1 is 1.12 bits per heavy atom. The Morgan fingerprint density at radius 3 is 2.28 bits per heavy atom. The zero-order valence-electron chi connectivity index (χ0n) is 13.9. The number of carbonyl (C=O) groups is 1. The molecule has 2 aromatic rings. The summed E-state index contributed by atoms with van der Waals surface area (Å²) in [6.45, 7) is 4.88. The van der Waals surface area contributed by atoms with E-state index < -0.39 is 41.5 Å². The summed E-state index contributed by atoms with van der Waals surface area (Å²) in [7, 11) is 0. The molecule has 0 aliphatic rings. The predicted molar refractivity (Wildman–Crippen MR) is 85.7 cm³/mol. The van der Waals surface area contributed by atoms with Crippen molar-refractivity contribution >= 4 is 11.6 Å². The maximum Gasteiger partial charge on any atom is 0.262 e. The molecule has 25 heavy (non-hydrogen) atoms. The van der Waals surface area contributed by atoms with E-state index >= 15 is 0 Å². The van der Waals surface area contributed by atoms with Gasteiger partial charge < -0.3 is 10.1 Å². The van der Waals surface area contributed by atoms with Crippen molar-refractivity contribution in [2.45, 2.75) is 26.7 Å². The average Bonchev–Trinajstić information content (AvgIpc) is 2.54. The van der Waals surface area contributed by atoms with Crippen LogP contribution in [0.15, 0.2) is 24.3 Å². The Kier molecular flexibility index (Phi) is 5.66. The highest BCUT2D eigenvalue weighted by Crippen LogP contribution is 2.28. The van der Waals surface area contributed by atoms with Gasteiger partial charge in [0, 0.05) is 11.8 Å². The number of para-hydroxylation sites is 1. The molecule has 0 bridgehead atoms. The fourth-order valence-corrected chi connectivity index (χ4v) is 2.33. The van der Waals surface area contributed by atoms with Crippen molar-refractivity contribution in [1.29, 1.82) is 0 Å². The summed E-state index contributed by atoms with van der Waals surface area (Å²) in [5, 5.41) is 2.60. The molecule has 0 aliphatic carbocycles. The van der Waals surface area contributed by atoms with Gasteiger partial charge in [-0.1, -0.05) is 32.0 Å². The van der Waals surface area contributed by atoms with Gasteiger partial charge in [-0.3, -0.25) is 4.79 Å². The fraction of sp³-hybridized carbons (Fsp3) is 0.278. The molecule has 1 N–H and O–H groups in total.